The summed E-state index contributed by atoms with van der Waals surface area (Å²) in [5.41, 5.74) is 0. The molecule has 1 rings (SSSR count). The maximum absolute atomic E-state index is 11.4. The Balaban J connectivity index is 2.69. The lowest BCUT2D eigenvalue weighted by Gasteiger charge is -2.09. The molecule has 0 N–H and O–H groups in total. The van der Waals surface area contributed by atoms with Gasteiger partial charge in [0.15, 0.2) is 0 Å². The summed E-state index contributed by atoms with van der Waals surface area (Å²) in [4.78, 5) is 11.4. The molecule has 1 aromatic rings. The van der Waals surface area contributed by atoms with Crippen molar-refractivity contribution in [2.45, 2.75) is 34.2 Å². The van der Waals surface area contributed by atoms with Crippen molar-refractivity contribution in [1.29, 1.82) is 0 Å². The van der Waals surface area contributed by atoms with E-state index >= 15 is 0 Å². The summed E-state index contributed by atoms with van der Waals surface area (Å²) < 4.78 is 6.75. The summed E-state index contributed by atoms with van der Waals surface area (Å²) in [6, 6.07) is 0. The number of carbonyl (C=O) groups is 1. The molecule has 15 heavy (non-hydrogen) atoms. The molecular weight excluding hydrogens is 194 g/mol. The Morgan fingerprint density at radius 1 is 1.47 bits per heavy atom. The van der Waals surface area contributed by atoms with Gasteiger partial charge < -0.3 is 4.74 Å². The number of esters is 1. The Bertz CT molecular complexity index is 331. The summed E-state index contributed by atoms with van der Waals surface area (Å²) >= 11 is 0. The lowest BCUT2D eigenvalue weighted by atomic mass is 10.2. The second-order valence-corrected chi connectivity index (χ2v) is 4.22. The lowest BCUT2D eigenvalue weighted by molar-refractivity contribution is -0.138. The molecule has 0 spiro atoms. The summed E-state index contributed by atoms with van der Waals surface area (Å²) in [5.74, 6) is 0.445. The van der Waals surface area contributed by atoms with E-state index in [0.717, 1.165) is 0 Å². The smallest absolute Gasteiger partial charge is 0.315 e. The van der Waals surface area contributed by atoms with Gasteiger partial charge in [0.2, 0.25) is 5.88 Å². The normalized spacial score (nSPS) is 11.1. The second-order valence-electron chi connectivity index (χ2n) is 4.22. The monoisotopic (exact) mass is 211 g/mol. The predicted octanol–water partition coefficient (Wildman–Crippen LogP) is 1.50. The molecule has 0 saturated carbocycles. The largest absolute Gasteiger partial charge is 0.406 e. The molecule has 0 unspecified atom stereocenters. The van der Waals surface area contributed by atoms with Crippen molar-refractivity contribution in [3.8, 4) is 5.88 Å². The van der Waals surface area contributed by atoms with Gasteiger partial charge in [-0.3, -0.25) is 4.79 Å². The Morgan fingerprint density at radius 2 is 2.13 bits per heavy atom. The van der Waals surface area contributed by atoms with Gasteiger partial charge in [-0.15, -0.1) is 5.10 Å². The van der Waals surface area contributed by atoms with E-state index in [-0.39, 0.29) is 11.9 Å². The van der Waals surface area contributed by atoms with Crippen LogP contribution >= 0.6 is 0 Å². The maximum Gasteiger partial charge on any atom is 0.315 e. The Kier molecular flexibility index (Phi) is 3.82. The van der Waals surface area contributed by atoms with Crippen LogP contribution in [0, 0.1) is 11.8 Å². The molecule has 1 heterocycles. The Labute approximate surface area is 89.4 Å². The van der Waals surface area contributed by atoms with Crippen LogP contribution in [0.4, 0.5) is 0 Å². The van der Waals surface area contributed by atoms with E-state index in [4.69, 9.17) is 4.74 Å². The summed E-state index contributed by atoms with van der Waals surface area (Å²) in [6.45, 7) is 8.41. The van der Waals surface area contributed by atoms with Gasteiger partial charge in [-0.05, 0) is 5.92 Å². The van der Waals surface area contributed by atoms with E-state index in [1.165, 1.54) is 6.20 Å². The molecule has 0 aliphatic heterocycles. The Hall–Kier alpha value is -1.39. The lowest BCUT2D eigenvalue weighted by Crippen LogP contribution is -2.18. The highest BCUT2D eigenvalue weighted by molar-refractivity contribution is 5.73. The van der Waals surface area contributed by atoms with E-state index in [1.54, 1.807) is 18.5 Å². The van der Waals surface area contributed by atoms with Crippen LogP contribution in [0.25, 0.3) is 0 Å². The molecule has 0 radical (unpaired) electrons. The molecule has 0 aliphatic rings. The number of hydrogen-bond acceptors (Lipinski definition) is 4. The van der Waals surface area contributed by atoms with E-state index in [1.807, 2.05) is 0 Å². The number of aromatic nitrogens is 3. The van der Waals surface area contributed by atoms with Crippen molar-refractivity contribution in [1.82, 2.24) is 15.0 Å². The van der Waals surface area contributed by atoms with Crippen LogP contribution < -0.4 is 4.74 Å². The molecule has 1 aromatic heterocycles. The number of rotatable bonds is 4. The van der Waals surface area contributed by atoms with Crippen molar-refractivity contribution in [2.75, 3.05) is 0 Å². The Morgan fingerprint density at radius 3 is 2.67 bits per heavy atom. The van der Waals surface area contributed by atoms with Crippen molar-refractivity contribution in [2.24, 2.45) is 11.8 Å². The molecule has 5 heteroatoms. The van der Waals surface area contributed by atoms with E-state index in [2.05, 4.69) is 24.2 Å². The van der Waals surface area contributed by atoms with Crippen LogP contribution in [-0.2, 0) is 11.3 Å². The first-order valence-electron chi connectivity index (χ1n) is 5.11. The number of carbonyl (C=O) groups excluding carboxylic acids is 1. The van der Waals surface area contributed by atoms with Crippen LogP contribution in [0.1, 0.15) is 27.7 Å². The standard InChI is InChI=1S/C10H17N3O2/c1-7(2)6-13-9(5-11-12-13)15-10(14)8(3)4/h5,7-8H,6H2,1-4H3. The highest BCUT2D eigenvalue weighted by Crippen LogP contribution is 2.12. The average Bonchev–Trinajstić information content (AvgIpc) is 2.51. The molecule has 0 saturated heterocycles. The van der Waals surface area contributed by atoms with Crippen molar-refractivity contribution in [3.63, 3.8) is 0 Å². The minimum absolute atomic E-state index is 0.146. The fraction of sp³-hybridized carbons (Fsp3) is 0.700. The molecule has 0 aromatic carbocycles. The first-order valence-corrected chi connectivity index (χ1v) is 5.11. The van der Waals surface area contributed by atoms with Gasteiger partial charge in [0.1, 0.15) is 6.20 Å². The molecule has 0 bridgehead atoms. The fourth-order valence-corrected chi connectivity index (χ4v) is 1.02. The average molecular weight is 211 g/mol. The topological polar surface area (TPSA) is 57.0 Å². The molecule has 0 atom stereocenters. The number of nitrogens with zero attached hydrogens (tertiary/aromatic N) is 3. The van der Waals surface area contributed by atoms with Crippen LogP contribution in [0.15, 0.2) is 6.20 Å². The van der Waals surface area contributed by atoms with Crippen molar-refractivity contribution < 1.29 is 9.53 Å². The summed E-state index contributed by atoms with van der Waals surface area (Å²) in [7, 11) is 0. The third-order valence-corrected chi connectivity index (χ3v) is 1.80. The SMILES string of the molecule is CC(C)Cn1nncc1OC(=O)C(C)C. The molecule has 0 amide bonds. The van der Waals surface area contributed by atoms with Gasteiger partial charge in [0, 0.05) is 6.54 Å². The van der Waals surface area contributed by atoms with Crippen LogP contribution in [0.2, 0.25) is 0 Å². The maximum atomic E-state index is 11.4. The molecule has 0 aliphatic carbocycles. The van der Waals surface area contributed by atoms with E-state index < -0.39 is 0 Å². The highest BCUT2D eigenvalue weighted by Gasteiger charge is 2.14. The molecule has 5 nitrogen and oxygen atoms in total. The van der Waals surface area contributed by atoms with Gasteiger partial charge in [0.05, 0.1) is 5.92 Å². The van der Waals surface area contributed by atoms with Gasteiger partial charge in [-0.2, -0.15) is 0 Å². The molecule has 0 fully saturated rings. The first-order chi connectivity index (χ1) is 7.00. The number of hydrogen-bond donors (Lipinski definition) is 0. The van der Waals surface area contributed by atoms with Crippen LogP contribution in [0.3, 0.4) is 0 Å². The molecule has 84 valence electrons. The van der Waals surface area contributed by atoms with Crippen LogP contribution in [0.5, 0.6) is 5.88 Å². The quantitative estimate of drug-likeness (QED) is 0.708. The fourth-order valence-electron chi connectivity index (χ4n) is 1.02. The van der Waals surface area contributed by atoms with E-state index in [9.17, 15) is 4.79 Å². The zero-order valence-electron chi connectivity index (χ0n) is 9.60. The van der Waals surface area contributed by atoms with Gasteiger partial charge in [-0.25, -0.2) is 4.68 Å². The second kappa shape index (κ2) is 4.91. The van der Waals surface area contributed by atoms with Gasteiger partial charge in [-0.1, -0.05) is 32.9 Å². The number of ether oxygens (including phenoxy) is 1. The third kappa shape index (κ3) is 3.34. The minimum Gasteiger partial charge on any atom is -0.406 e. The first kappa shape index (κ1) is 11.7. The summed E-state index contributed by atoms with van der Waals surface area (Å²) in [5, 5.41) is 7.58. The van der Waals surface area contributed by atoms with Crippen LogP contribution in [-0.4, -0.2) is 21.0 Å². The zero-order valence-corrected chi connectivity index (χ0v) is 9.60. The molecular formula is C10H17N3O2. The summed E-state index contributed by atoms with van der Waals surface area (Å²) in [6.07, 6.45) is 1.46. The third-order valence-electron chi connectivity index (χ3n) is 1.80. The van der Waals surface area contributed by atoms with Crippen molar-refractivity contribution >= 4 is 5.97 Å². The van der Waals surface area contributed by atoms with Gasteiger partial charge >= 0.3 is 5.97 Å². The predicted molar refractivity (Wildman–Crippen MR) is 55.3 cm³/mol. The highest BCUT2D eigenvalue weighted by atomic mass is 16.5. The van der Waals surface area contributed by atoms with Gasteiger partial charge in [0.25, 0.3) is 0 Å². The minimum atomic E-state index is -0.262. The van der Waals surface area contributed by atoms with Crippen molar-refractivity contribution in [3.05, 3.63) is 6.20 Å². The van der Waals surface area contributed by atoms with E-state index in [0.29, 0.717) is 18.3 Å². The zero-order chi connectivity index (χ0) is 11.4.